The van der Waals surface area contributed by atoms with E-state index in [2.05, 4.69) is 10.00 Å². The smallest absolute Gasteiger partial charge is 0.163 e. The van der Waals surface area contributed by atoms with Crippen LogP contribution in [0, 0.1) is 6.92 Å². The first-order valence-corrected chi connectivity index (χ1v) is 7.44. The van der Waals surface area contributed by atoms with E-state index in [4.69, 9.17) is 4.74 Å². The molecule has 0 saturated heterocycles. The highest BCUT2D eigenvalue weighted by Gasteiger charge is 2.23. The minimum atomic E-state index is -0.708. The van der Waals surface area contributed by atoms with Crippen LogP contribution in [0.2, 0.25) is 0 Å². The highest BCUT2D eigenvalue weighted by Crippen LogP contribution is 2.32. The third-order valence-corrected chi connectivity index (χ3v) is 4.15. The maximum absolute atomic E-state index is 10.7. The molecule has 0 aliphatic rings. The number of nitrogens with zero attached hydrogens (tertiary/aromatic N) is 3. The van der Waals surface area contributed by atoms with Crippen molar-refractivity contribution in [3.05, 3.63) is 33.8 Å². The van der Waals surface area contributed by atoms with E-state index < -0.39 is 6.10 Å². The van der Waals surface area contributed by atoms with Crippen molar-refractivity contribution in [3.8, 4) is 5.75 Å². The molecule has 0 aromatic carbocycles. The van der Waals surface area contributed by atoms with Crippen LogP contribution in [0.15, 0.2) is 17.0 Å². The van der Waals surface area contributed by atoms with Crippen LogP contribution in [0.3, 0.4) is 0 Å². The molecule has 6 heteroatoms. The summed E-state index contributed by atoms with van der Waals surface area (Å²) >= 11 is 1.59. The van der Waals surface area contributed by atoms with Gasteiger partial charge in [0.2, 0.25) is 0 Å². The zero-order valence-corrected chi connectivity index (χ0v) is 13.1. The monoisotopic (exact) mass is 295 g/mol. The van der Waals surface area contributed by atoms with Crippen molar-refractivity contribution < 1.29 is 9.84 Å². The van der Waals surface area contributed by atoms with Crippen LogP contribution in [0.1, 0.15) is 22.9 Å². The van der Waals surface area contributed by atoms with Crippen molar-refractivity contribution in [1.29, 1.82) is 0 Å². The fourth-order valence-electron chi connectivity index (χ4n) is 2.08. The van der Waals surface area contributed by atoms with Crippen molar-refractivity contribution in [2.24, 2.45) is 0 Å². The maximum Gasteiger partial charge on any atom is 0.163 e. The average molecular weight is 295 g/mol. The Labute approximate surface area is 123 Å². The lowest BCUT2D eigenvalue weighted by molar-refractivity contribution is 0.200. The van der Waals surface area contributed by atoms with Crippen molar-refractivity contribution in [1.82, 2.24) is 14.7 Å². The molecule has 2 rings (SSSR count). The third-order valence-electron chi connectivity index (χ3n) is 3.27. The van der Waals surface area contributed by atoms with Gasteiger partial charge in [-0.3, -0.25) is 4.68 Å². The van der Waals surface area contributed by atoms with Gasteiger partial charge in [0, 0.05) is 12.1 Å². The van der Waals surface area contributed by atoms with Crippen molar-refractivity contribution in [2.75, 3.05) is 27.7 Å². The van der Waals surface area contributed by atoms with Crippen molar-refractivity contribution in [3.63, 3.8) is 0 Å². The molecule has 0 aliphatic carbocycles. The van der Waals surface area contributed by atoms with E-state index in [1.807, 2.05) is 36.5 Å². The molecule has 5 nitrogen and oxygen atoms in total. The van der Waals surface area contributed by atoms with E-state index in [1.165, 1.54) is 0 Å². The number of methoxy groups -OCH3 is 1. The molecule has 2 aromatic heterocycles. The second kappa shape index (κ2) is 6.39. The minimum Gasteiger partial charge on any atom is -0.493 e. The Kier molecular flexibility index (Phi) is 4.80. The number of aryl methyl sites for hydroxylation is 1. The second-order valence-corrected chi connectivity index (χ2v) is 5.78. The van der Waals surface area contributed by atoms with E-state index in [-0.39, 0.29) is 0 Å². The lowest BCUT2D eigenvalue weighted by atomic mass is 10.1. The molecule has 0 amide bonds. The molecule has 0 radical (unpaired) electrons. The Hall–Kier alpha value is -1.37. The summed E-state index contributed by atoms with van der Waals surface area (Å²) in [5.74, 6) is 0.627. The number of aliphatic hydroxyl groups excluding tert-OH is 1. The normalized spacial score (nSPS) is 12.9. The molecular weight excluding hydrogens is 274 g/mol. The summed E-state index contributed by atoms with van der Waals surface area (Å²) in [4.78, 5) is 2.08. The number of hydrogen-bond acceptors (Lipinski definition) is 5. The molecule has 1 unspecified atom stereocenters. The van der Waals surface area contributed by atoms with Crippen molar-refractivity contribution >= 4 is 11.3 Å². The topological polar surface area (TPSA) is 50.5 Å². The van der Waals surface area contributed by atoms with Gasteiger partial charge in [-0.25, -0.2) is 0 Å². The maximum atomic E-state index is 10.7. The molecule has 1 atom stereocenters. The van der Waals surface area contributed by atoms with E-state index in [9.17, 15) is 5.11 Å². The standard InChI is InChI=1S/C14H21N3O2S/c1-10-8-20-9-11(10)14(18)13-12(19-4)7-15-17(13)6-5-16(2)3/h7-9,14,18H,5-6H2,1-4H3. The van der Waals surface area contributed by atoms with Crippen LogP contribution in [0.5, 0.6) is 5.75 Å². The van der Waals surface area contributed by atoms with Gasteiger partial charge in [-0.1, -0.05) is 0 Å². The molecule has 0 spiro atoms. The van der Waals surface area contributed by atoms with Gasteiger partial charge >= 0.3 is 0 Å². The number of thiophene rings is 1. The molecule has 0 fully saturated rings. The highest BCUT2D eigenvalue weighted by molar-refractivity contribution is 7.08. The zero-order valence-electron chi connectivity index (χ0n) is 12.3. The van der Waals surface area contributed by atoms with Gasteiger partial charge in [0.25, 0.3) is 0 Å². The number of ether oxygens (including phenoxy) is 1. The Morgan fingerprint density at radius 2 is 2.20 bits per heavy atom. The Morgan fingerprint density at radius 3 is 2.75 bits per heavy atom. The summed E-state index contributed by atoms with van der Waals surface area (Å²) in [5.41, 5.74) is 2.72. The Morgan fingerprint density at radius 1 is 1.45 bits per heavy atom. The van der Waals surface area contributed by atoms with Crippen LogP contribution in [-0.4, -0.2) is 47.5 Å². The van der Waals surface area contributed by atoms with Crippen molar-refractivity contribution in [2.45, 2.75) is 19.6 Å². The fourth-order valence-corrected chi connectivity index (χ4v) is 2.95. The largest absolute Gasteiger partial charge is 0.493 e. The second-order valence-electron chi connectivity index (χ2n) is 5.04. The Bertz CT molecular complexity index is 563. The number of hydrogen-bond donors (Lipinski definition) is 1. The van der Waals surface area contributed by atoms with E-state index in [0.29, 0.717) is 12.3 Å². The van der Waals surface area contributed by atoms with Crippen LogP contribution in [0.4, 0.5) is 0 Å². The lowest BCUT2D eigenvalue weighted by Gasteiger charge is -2.16. The molecule has 2 heterocycles. The van der Waals surface area contributed by atoms with Gasteiger partial charge in [0.1, 0.15) is 11.8 Å². The number of rotatable bonds is 6. The average Bonchev–Trinajstić information content (AvgIpc) is 3.01. The van der Waals surface area contributed by atoms with Gasteiger partial charge in [-0.05, 0) is 37.3 Å². The molecule has 20 heavy (non-hydrogen) atoms. The first-order chi connectivity index (χ1) is 9.54. The van der Waals surface area contributed by atoms with E-state index >= 15 is 0 Å². The summed E-state index contributed by atoms with van der Waals surface area (Å²) in [6.45, 7) is 3.57. The van der Waals surface area contributed by atoms with Gasteiger partial charge in [-0.2, -0.15) is 16.4 Å². The van der Waals surface area contributed by atoms with Gasteiger partial charge in [0.15, 0.2) is 5.75 Å². The van der Waals surface area contributed by atoms with Crippen LogP contribution in [-0.2, 0) is 6.54 Å². The van der Waals surface area contributed by atoms with Crippen LogP contribution in [0.25, 0.3) is 0 Å². The SMILES string of the molecule is COc1cnn(CCN(C)C)c1C(O)c1cscc1C. The molecule has 1 N–H and O–H groups in total. The third kappa shape index (κ3) is 3.03. The summed E-state index contributed by atoms with van der Waals surface area (Å²) in [6.07, 6.45) is 0.955. The van der Waals surface area contributed by atoms with E-state index in [0.717, 1.165) is 23.4 Å². The summed E-state index contributed by atoms with van der Waals surface area (Å²) < 4.78 is 7.16. The highest BCUT2D eigenvalue weighted by atomic mass is 32.1. The molecule has 0 saturated carbocycles. The predicted molar refractivity (Wildman–Crippen MR) is 80.5 cm³/mol. The Balaban J connectivity index is 2.33. The number of aliphatic hydroxyl groups is 1. The van der Waals surface area contributed by atoms with Crippen LogP contribution < -0.4 is 4.74 Å². The zero-order chi connectivity index (χ0) is 14.7. The quantitative estimate of drug-likeness (QED) is 0.884. The summed E-state index contributed by atoms with van der Waals surface area (Å²) in [7, 11) is 5.63. The summed E-state index contributed by atoms with van der Waals surface area (Å²) in [6, 6.07) is 0. The van der Waals surface area contributed by atoms with E-state index in [1.54, 1.807) is 24.6 Å². The first kappa shape index (κ1) is 15.0. The van der Waals surface area contributed by atoms with Gasteiger partial charge < -0.3 is 14.7 Å². The fraction of sp³-hybridized carbons (Fsp3) is 0.500. The number of aromatic nitrogens is 2. The summed E-state index contributed by atoms with van der Waals surface area (Å²) in [5, 5.41) is 19.0. The minimum absolute atomic E-state index is 0.627. The molecular formula is C14H21N3O2S. The lowest BCUT2D eigenvalue weighted by Crippen LogP contribution is -2.21. The van der Waals surface area contributed by atoms with Crippen LogP contribution >= 0.6 is 11.3 Å². The number of likely N-dealkylation sites (N-methyl/N-ethyl adjacent to an activating group) is 1. The first-order valence-electron chi connectivity index (χ1n) is 6.49. The molecule has 0 aliphatic heterocycles. The molecule has 0 bridgehead atoms. The van der Waals surface area contributed by atoms with Gasteiger partial charge in [0.05, 0.1) is 19.9 Å². The van der Waals surface area contributed by atoms with Gasteiger partial charge in [-0.15, -0.1) is 0 Å². The molecule has 2 aromatic rings. The predicted octanol–water partition coefficient (Wildman–Crippen LogP) is 1.90. The molecule has 110 valence electrons.